The Bertz CT molecular complexity index is 892. The highest BCUT2D eigenvalue weighted by atomic mass is 79.9. The summed E-state index contributed by atoms with van der Waals surface area (Å²) in [5.41, 5.74) is 2.85. The first-order chi connectivity index (χ1) is 10.7. The lowest BCUT2D eigenvalue weighted by Crippen LogP contribution is -2.12. The van der Waals surface area contributed by atoms with E-state index in [1.54, 1.807) is 6.92 Å². The van der Waals surface area contributed by atoms with Crippen LogP contribution in [0, 0.1) is 10.1 Å². The number of thiophene rings is 1. The molecule has 11 heteroatoms. The number of halogens is 1. The minimum absolute atomic E-state index is 0.0670. The lowest BCUT2D eigenvalue weighted by atomic mass is 10.3. The smallest absolute Gasteiger partial charge is 0.271 e. The van der Waals surface area contributed by atoms with Gasteiger partial charge in [0.25, 0.3) is 5.69 Å². The Kier molecular flexibility index (Phi) is 5.14. The summed E-state index contributed by atoms with van der Waals surface area (Å²) in [6, 6.07) is 7.04. The largest absolute Gasteiger partial charge is 0.295 e. The van der Waals surface area contributed by atoms with Gasteiger partial charge in [-0.1, -0.05) is 0 Å². The van der Waals surface area contributed by atoms with E-state index in [0.717, 1.165) is 14.7 Å². The fraction of sp³-hybridized carbons (Fsp3) is 0.0833. The van der Waals surface area contributed by atoms with Crippen LogP contribution in [0.5, 0.6) is 0 Å². The van der Waals surface area contributed by atoms with Gasteiger partial charge in [0, 0.05) is 6.07 Å². The molecule has 1 aromatic heterocycles. The monoisotopic (exact) mass is 418 g/mol. The molecule has 0 radical (unpaired) electrons. The van der Waals surface area contributed by atoms with E-state index < -0.39 is 20.6 Å². The molecule has 1 aromatic carbocycles. The van der Waals surface area contributed by atoms with Crippen LogP contribution < -0.4 is 10.6 Å². The van der Waals surface area contributed by atoms with Crippen LogP contribution in [0.15, 0.2) is 44.1 Å². The standard InChI is InChI=1S/C12H11BrN4O4S2/c1-7(11-4-5-12(13)22-11)15-16-9-3-2-8(23(14,20)21)6-10(9)17(18)19/h2-6,16H,1H3,(H2,14,20,21)/b15-7+. The van der Waals surface area contributed by atoms with Gasteiger partial charge in [0.1, 0.15) is 5.69 Å². The molecule has 23 heavy (non-hydrogen) atoms. The molecule has 3 N–H and O–H groups in total. The molecular formula is C12H11BrN4O4S2. The van der Waals surface area contributed by atoms with Crippen LogP contribution in [-0.4, -0.2) is 19.1 Å². The van der Waals surface area contributed by atoms with Crippen LogP contribution in [-0.2, 0) is 10.0 Å². The number of rotatable bonds is 5. The molecule has 0 unspecified atom stereocenters. The van der Waals surface area contributed by atoms with Gasteiger partial charge >= 0.3 is 0 Å². The second-order valence-electron chi connectivity index (χ2n) is 4.39. The summed E-state index contributed by atoms with van der Waals surface area (Å²) in [5, 5.41) is 20.2. The molecule has 1 heterocycles. The van der Waals surface area contributed by atoms with Crippen molar-refractivity contribution in [2.45, 2.75) is 11.8 Å². The van der Waals surface area contributed by atoms with Gasteiger partial charge in [0.05, 0.1) is 24.2 Å². The Morgan fingerprint density at radius 3 is 2.61 bits per heavy atom. The number of primary sulfonamides is 1. The molecule has 0 aliphatic rings. The third-order valence-electron chi connectivity index (χ3n) is 2.77. The second-order valence-corrected chi connectivity index (χ2v) is 8.42. The maximum absolute atomic E-state index is 11.3. The maximum atomic E-state index is 11.3. The summed E-state index contributed by atoms with van der Waals surface area (Å²) < 4.78 is 23.5. The van der Waals surface area contributed by atoms with E-state index in [-0.39, 0.29) is 10.6 Å². The minimum Gasteiger partial charge on any atom is -0.271 e. The number of nitro groups is 1. The molecular weight excluding hydrogens is 408 g/mol. The Morgan fingerprint density at radius 1 is 1.39 bits per heavy atom. The van der Waals surface area contributed by atoms with E-state index >= 15 is 0 Å². The molecule has 2 rings (SSSR count). The topological polar surface area (TPSA) is 128 Å². The molecule has 0 fully saturated rings. The normalized spacial score (nSPS) is 12.2. The number of hydrogen-bond acceptors (Lipinski definition) is 7. The van der Waals surface area contributed by atoms with Crippen molar-refractivity contribution in [3.05, 3.63) is 49.1 Å². The van der Waals surface area contributed by atoms with Crippen molar-refractivity contribution < 1.29 is 13.3 Å². The SMILES string of the molecule is C/C(=N\Nc1ccc(S(N)(=O)=O)cc1[N+](=O)[O-])c1ccc(Br)s1. The Labute approximate surface area is 144 Å². The summed E-state index contributed by atoms with van der Waals surface area (Å²) in [4.78, 5) is 10.9. The number of nitro benzene ring substituents is 1. The van der Waals surface area contributed by atoms with E-state index in [2.05, 4.69) is 26.5 Å². The molecule has 0 saturated heterocycles. The van der Waals surface area contributed by atoms with E-state index in [1.807, 2.05) is 12.1 Å². The molecule has 0 spiro atoms. The van der Waals surface area contributed by atoms with Crippen LogP contribution in [0.2, 0.25) is 0 Å². The lowest BCUT2D eigenvalue weighted by molar-refractivity contribution is -0.384. The van der Waals surface area contributed by atoms with Crippen LogP contribution >= 0.6 is 27.3 Å². The zero-order chi connectivity index (χ0) is 17.2. The Morgan fingerprint density at radius 2 is 2.09 bits per heavy atom. The van der Waals surface area contributed by atoms with Gasteiger partial charge in [0.15, 0.2) is 0 Å². The number of sulfonamides is 1. The van der Waals surface area contributed by atoms with Crippen molar-refractivity contribution >= 4 is 54.4 Å². The summed E-state index contributed by atoms with van der Waals surface area (Å²) in [6.07, 6.45) is 0. The Hall–Kier alpha value is -1.82. The number of nitrogens with one attached hydrogen (secondary N) is 1. The van der Waals surface area contributed by atoms with Crippen molar-refractivity contribution in [3.63, 3.8) is 0 Å². The third-order valence-corrected chi connectivity index (χ3v) is 5.41. The lowest BCUT2D eigenvalue weighted by Gasteiger charge is -2.05. The molecule has 8 nitrogen and oxygen atoms in total. The predicted octanol–water partition coefficient (Wildman–Crippen LogP) is 2.90. The predicted molar refractivity (Wildman–Crippen MR) is 92.3 cm³/mol. The average Bonchev–Trinajstić information content (AvgIpc) is 2.90. The van der Waals surface area contributed by atoms with Gasteiger partial charge < -0.3 is 0 Å². The number of nitrogens with two attached hydrogens (primary N) is 1. The molecule has 0 bridgehead atoms. The van der Waals surface area contributed by atoms with Crippen molar-refractivity contribution in [1.82, 2.24) is 0 Å². The van der Waals surface area contributed by atoms with Crippen molar-refractivity contribution in [2.75, 3.05) is 5.43 Å². The van der Waals surface area contributed by atoms with Gasteiger partial charge in [0.2, 0.25) is 10.0 Å². The van der Waals surface area contributed by atoms with Gasteiger partial charge in [-0.25, -0.2) is 13.6 Å². The molecule has 0 atom stereocenters. The highest BCUT2D eigenvalue weighted by molar-refractivity contribution is 9.11. The number of benzene rings is 1. The van der Waals surface area contributed by atoms with E-state index in [4.69, 9.17) is 5.14 Å². The second kappa shape index (κ2) is 6.74. The zero-order valence-corrected chi connectivity index (χ0v) is 14.9. The quantitative estimate of drug-likeness (QED) is 0.438. The van der Waals surface area contributed by atoms with E-state index in [9.17, 15) is 18.5 Å². The minimum atomic E-state index is -4.02. The molecule has 122 valence electrons. The number of anilines is 1. The van der Waals surface area contributed by atoms with Gasteiger partial charge in [-0.15, -0.1) is 11.3 Å². The summed E-state index contributed by atoms with van der Waals surface area (Å²) >= 11 is 4.80. The molecule has 0 amide bonds. The summed E-state index contributed by atoms with van der Waals surface area (Å²) in [6.45, 7) is 1.75. The van der Waals surface area contributed by atoms with Crippen LogP contribution in [0.3, 0.4) is 0 Å². The summed E-state index contributed by atoms with van der Waals surface area (Å²) in [5.74, 6) is 0. The zero-order valence-electron chi connectivity index (χ0n) is 11.7. The first-order valence-corrected chi connectivity index (χ1v) is 9.21. The average molecular weight is 419 g/mol. The third kappa shape index (κ3) is 4.34. The molecule has 0 aliphatic heterocycles. The number of hydrazone groups is 1. The van der Waals surface area contributed by atoms with Crippen molar-refractivity contribution in [3.8, 4) is 0 Å². The number of nitrogens with zero attached hydrogens (tertiary/aromatic N) is 2. The first kappa shape index (κ1) is 17.5. The number of hydrogen-bond donors (Lipinski definition) is 2. The fourth-order valence-corrected chi connectivity index (χ4v) is 3.51. The van der Waals surface area contributed by atoms with Gasteiger partial charge in [-0.2, -0.15) is 5.10 Å². The van der Waals surface area contributed by atoms with Gasteiger partial charge in [-0.05, 0) is 47.1 Å². The molecule has 0 saturated carbocycles. The highest BCUT2D eigenvalue weighted by Crippen LogP contribution is 2.28. The van der Waals surface area contributed by atoms with Gasteiger partial charge in [-0.3, -0.25) is 15.5 Å². The maximum Gasteiger partial charge on any atom is 0.295 e. The first-order valence-electron chi connectivity index (χ1n) is 6.06. The van der Waals surface area contributed by atoms with E-state index in [0.29, 0.717) is 5.71 Å². The van der Waals surface area contributed by atoms with Crippen molar-refractivity contribution in [2.24, 2.45) is 10.2 Å². The highest BCUT2D eigenvalue weighted by Gasteiger charge is 2.19. The molecule has 0 aliphatic carbocycles. The van der Waals surface area contributed by atoms with Crippen LogP contribution in [0.4, 0.5) is 11.4 Å². The van der Waals surface area contributed by atoms with Crippen LogP contribution in [0.1, 0.15) is 11.8 Å². The fourth-order valence-electron chi connectivity index (χ4n) is 1.64. The van der Waals surface area contributed by atoms with Crippen molar-refractivity contribution in [1.29, 1.82) is 0 Å². The summed E-state index contributed by atoms with van der Waals surface area (Å²) in [7, 11) is -4.02. The molecule has 2 aromatic rings. The van der Waals surface area contributed by atoms with Crippen LogP contribution in [0.25, 0.3) is 0 Å². The Balaban J connectivity index is 2.34. The van der Waals surface area contributed by atoms with E-state index in [1.165, 1.54) is 23.5 Å².